The highest BCUT2D eigenvalue weighted by Gasteiger charge is 2.19. The van der Waals surface area contributed by atoms with Crippen LogP contribution in [0, 0.1) is 0 Å². The first-order valence-corrected chi connectivity index (χ1v) is 7.71. The van der Waals surface area contributed by atoms with E-state index in [0.717, 1.165) is 6.04 Å². The summed E-state index contributed by atoms with van der Waals surface area (Å²) in [6.07, 6.45) is 9.75. The first-order valence-electron chi connectivity index (χ1n) is 7.71. The van der Waals surface area contributed by atoms with Gasteiger partial charge in [-0.3, -0.25) is 0 Å². The van der Waals surface area contributed by atoms with Gasteiger partial charge in [0, 0.05) is 12.1 Å². The molecule has 1 heterocycles. The van der Waals surface area contributed by atoms with Crippen LogP contribution in [0.25, 0.3) is 0 Å². The van der Waals surface area contributed by atoms with Crippen molar-refractivity contribution in [3.8, 4) is 0 Å². The summed E-state index contributed by atoms with van der Waals surface area (Å²) in [7, 11) is 0. The van der Waals surface area contributed by atoms with Crippen LogP contribution in [0.3, 0.4) is 0 Å². The molecule has 1 saturated heterocycles. The Balaban J connectivity index is 2.01. The molecule has 0 aliphatic carbocycles. The van der Waals surface area contributed by atoms with Crippen molar-refractivity contribution in [2.75, 3.05) is 19.6 Å². The largest absolute Gasteiger partial charge is 0.315 e. The van der Waals surface area contributed by atoms with Gasteiger partial charge < -0.3 is 10.2 Å². The predicted molar refractivity (Wildman–Crippen MR) is 76.5 cm³/mol. The maximum absolute atomic E-state index is 3.49. The molecule has 1 rings (SSSR count). The molecule has 0 bridgehead atoms. The number of unbranched alkanes of at least 4 members (excludes halogenated alkanes) is 2. The van der Waals surface area contributed by atoms with E-state index < -0.39 is 0 Å². The van der Waals surface area contributed by atoms with Gasteiger partial charge in [-0.05, 0) is 51.7 Å². The van der Waals surface area contributed by atoms with E-state index in [2.05, 4.69) is 31.0 Å². The van der Waals surface area contributed by atoms with Crippen molar-refractivity contribution in [3.63, 3.8) is 0 Å². The van der Waals surface area contributed by atoms with Crippen molar-refractivity contribution in [2.45, 2.75) is 77.8 Å². The second-order valence-electron chi connectivity index (χ2n) is 5.76. The van der Waals surface area contributed by atoms with Crippen LogP contribution in [0.2, 0.25) is 0 Å². The lowest BCUT2D eigenvalue weighted by molar-refractivity contribution is 0.141. The third-order valence-electron chi connectivity index (χ3n) is 3.90. The molecular weight excluding hydrogens is 208 g/mol. The first-order chi connectivity index (χ1) is 8.24. The van der Waals surface area contributed by atoms with E-state index in [0.29, 0.717) is 6.04 Å². The average Bonchev–Trinajstić information content (AvgIpc) is 2.33. The molecule has 1 unspecified atom stereocenters. The molecule has 2 heteroatoms. The molecule has 1 aliphatic heterocycles. The van der Waals surface area contributed by atoms with Gasteiger partial charge in [0.05, 0.1) is 0 Å². The van der Waals surface area contributed by atoms with Gasteiger partial charge in [-0.15, -0.1) is 0 Å². The summed E-state index contributed by atoms with van der Waals surface area (Å²) in [6, 6.07) is 1.53. The molecule has 0 aromatic rings. The van der Waals surface area contributed by atoms with Crippen molar-refractivity contribution < 1.29 is 0 Å². The van der Waals surface area contributed by atoms with Gasteiger partial charge in [0.1, 0.15) is 0 Å². The zero-order valence-corrected chi connectivity index (χ0v) is 12.2. The number of likely N-dealkylation sites (tertiary alicyclic amines) is 1. The minimum Gasteiger partial charge on any atom is -0.315 e. The van der Waals surface area contributed by atoms with Crippen LogP contribution in [-0.4, -0.2) is 36.6 Å². The number of nitrogens with one attached hydrogen (secondary N) is 1. The van der Waals surface area contributed by atoms with Gasteiger partial charge in [-0.2, -0.15) is 0 Å². The Bertz CT molecular complexity index is 180. The third-order valence-corrected chi connectivity index (χ3v) is 3.90. The highest BCUT2D eigenvalue weighted by atomic mass is 15.2. The second-order valence-corrected chi connectivity index (χ2v) is 5.76. The maximum Gasteiger partial charge on any atom is 0.00926 e. The van der Waals surface area contributed by atoms with Crippen LogP contribution >= 0.6 is 0 Å². The Morgan fingerprint density at radius 1 is 1.18 bits per heavy atom. The fourth-order valence-corrected chi connectivity index (χ4v) is 2.82. The SMILES string of the molecule is CCC1CCCCN1CCCCCNC(C)C. The van der Waals surface area contributed by atoms with Gasteiger partial charge in [-0.1, -0.05) is 33.6 Å². The molecule has 102 valence electrons. The van der Waals surface area contributed by atoms with E-state index in [1.165, 1.54) is 64.6 Å². The van der Waals surface area contributed by atoms with Crippen LogP contribution in [0.1, 0.15) is 65.7 Å². The Hall–Kier alpha value is -0.0800. The molecular formula is C15H32N2. The fraction of sp³-hybridized carbons (Fsp3) is 1.00. The van der Waals surface area contributed by atoms with E-state index in [-0.39, 0.29) is 0 Å². The number of piperidine rings is 1. The third kappa shape index (κ3) is 6.42. The summed E-state index contributed by atoms with van der Waals surface area (Å²) in [6.45, 7) is 10.7. The monoisotopic (exact) mass is 240 g/mol. The lowest BCUT2D eigenvalue weighted by atomic mass is 9.99. The van der Waals surface area contributed by atoms with E-state index in [1.54, 1.807) is 0 Å². The quantitative estimate of drug-likeness (QED) is 0.654. The molecule has 0 aromatic heterocycles. The maximum atomic E-state index is 3.49. The van der Waals surface area contributed by atoms with Crippen LogP contribution in [0.4, 0.5) is 0 Å². The van der Waals surface area contributed by atoms with Gasteiger partial charge in [-0.25, -0.2) is 0 Å². The Kier molecular flexibility index (Phi) is 7.87. The average molecular weight is 240 g/mol. The zero-order valence-electron chi connectivity index (χ0n) is 12.2. The van der Waals surface area contributed by atoms with Gasteiger partial charge in [0.25, 0.3) is 0 Å². The van der Waals surface area contributed by atoms with Crippen molar-refractivity contribution in [1.82, 2.24) is 10.2 Å². The first kappa shape index (κ1) is 15.0. The molecule has 0 radical (unpaired) electrons. The minimum absolute atomic E-state index is 0.640. The van der Waals surface area contributed by atoms with Gasteiger partial charge >= 0.3 is 0 Å². The van der Waals surface area contributed by atoms with Crippen LogP contribution < -0.4 is 5.32 Å². The molecule has 17 heavy (non-hydrogen) atoms. The highest BCUT2D eigenvalue weighted by Crippen LogP contribution is 2.19. The molecule has 2 nitrogen and oxygen atoms in total. The molecule has 1 fully saturated rings. The number of rotatable bonds is 8. The lowest BCUT2D eigenvalue weighted by Crippen LogP contribution is -2.39. The molecule has 1 aliphatic rings. The number of nitrogens with zero attached hydrogens (tertiary/aromatic N) is 1. The van der Waals surface area contributed by atoms with Crippen molar-refractivity contribution in [3.05, 3.63) is 0 Å². The fourth-order valence-electron chi connectivity index (χ4n) is 2.82. The van der Waals surface area contributed by atoms with E-state index >= 15 is 0 Å². The summed E-state index contributed by atoms with van der Waals surface area (Å²) < 4.78 is 0. The number of hydrogen-bond acceptors (Lipinski definition) is 2. The topological polar surface area (TPSA) is 15.3 Å². The zero-order chi connectivity index (χ0) is 12.5. The Morgan fingerprint density at radius 2 is 2.00 bits per heavy atom. The van der Waals surface area contributed by atoms with Crippen molar-refractivity contribution in [2.24, 2.45) is 0 Å². The lowest BCUT2D eigenvalue weighted by Gasteiger charge is -2.35. The minimum atomic E-state index is 0.640. The van der Waals surface area contributed by atoms with Crippen molar-refractivity contribution >= 4 is 0 Å². The summed E-state index contributed by atoms with van der Waals surface area (Å²) in [4.78, 5) is 2.74. The Morgan fingerprint density at radius 3 is 2.71 bits per heavy atom. The molecule has 1 N–H and O–H groups in total. The van der Waals surface area contributed by atoms with Crippen LogP contribution in [0.5, 0.6) is 0 Å². The normalized spacial score (nSPS) is 22.2. The van der Waals surface area contributed by atoms with Crippen molar-refractivity contribution in [1.29, 1.82) is 0 Å². The summed E-state index contributed by atoms with van der Waals surface area (Å²) in [5, 5.41) is 3.49. The van der Waals surface area contributed by atoms with Crippen LogP contribution in [-0.2, 0) is 0 Å². The van der Waals surface area contributed by atoms with Crippen LogP contribution in [0.15, 0.2) is 0 Å². The predicted octanol–water partition coefficient (Wildman–Crippen LogP) is 3.42. The second kappa shape index (κ2) is 8.93. The van der Waals surface area contributed by atoms with E-state index in [9.17, 15) is 0 Å². The standard InChI is InChI=1S/C15H32N2/c1-4-15-10-6-9-13-17(15)12-8-5-7-11-16-14(2)3/h14-16H,4-13H2,1-3H3. The highest BCUT2D eigenvalue weighted by molar-refractivity contribution is 4.75. The van der Waals surface area contributed by atoms with E-state index in [4.69, 9.17) is 0 Å². The number of hydrogen-bond donors (Lipinski definition) is 1. The molecule has 0 aromatic carbocycles. The summed E-state index contributed by atoms with van der Waals surface area (Å²) in [5.41, 5.74) is 0. The molecule has 0 spiro atoms. The van der Waals surface area contributed by atoms with E-state index in [1.807, 2.05) is 0 Å². The summed E-state index contributed by atoms with van der Waals surface area (Å²) in [5.74, 6) is 0. The smallest absolute Gasteiger partial charge is 0.00926 e. The molecule has 0 saturated carbocycles. The molecule has 1 atom stereocenters. The van der Waals surface area contributed by atoms with Gasteiger partial charge in [0.2, 0.25) is 0 Å². The van der Waals surface area contributed by atoms with Gasteiger partial charge in [0.15, 0.2) is 0 Å². The molecule has 0 amide bonds. The Labute approximate surface area is 108 Å². The summed E-state index contributed by atoms with van der Waals surface area (Å²) >= 11 is 0.